The van der Waals surface area contributed by atoms with Crippen molar-refractivity contribution in [1.29, 1.82) is 0 Å². The van der Waals surface area contributed by atoms with E-state index < -0.39 is 6.10 Å². The van der Waals surface area contributed by atoms with E-state index in [1.54, 1.807) is 6.20 Å². The van der Waals surface area contributed by atoms with Gasteiger partial charge in [-0.05, 0) is 51.1 Å². The molecule has 2 aromatic heterocycles. The maximum atomic E-state index is 10.9. The number of hydrogen-bond donors (Lipinski definition) is 1. The second kappa shape index (κ2) is 7.69. The number of aromatic nitrogens is 2. The van der Waals surface area contributed by atoms with Gasteiger partial charge in [0.05, 0.1) is 12.6 Å². The predicted molar refractivity (Wildman–Crippen MR) is 115 cm³/mol. The van der Waals surface area contributed by atoms with Gasteiger partial charge in [0.25, 0.3) is 0 Å². The highest BCUT2D eigenvalue weighted by atomic mass is 16.3. The SMILES string of the molecule is CCCC1c2c(n(CC(O)c3ccc(C)nc3)c3ccc(C)cc23)CCN1C. The van der Waals surface area contributed by atoms with Gasteiger partial charge in [0.15, 0.2) is 0 Å². The fraction of sp³-hybridized carbons (Fsp3) is 0.458. The third kappa shape index (κ3) is 3.36. The molecule has 1 aromatic carbocycles. The fourth-order valence-corrected chi connectivity index (χ4v) is 4.65. The van der Waals surface area contributed by atoms with Crippen molar-refractivity contribution in [3.8, 4) is 0 Å². The molecule has 0 saturated heterocycles. The lowest BCUT2D eigenvalue weighted by Crippen LogP contribution is -2.32. The van der Waals surface area contributed by atoms with E-state index in [2.05, 4.69) is 53.5 Å². The molecular weight excluding hydrogens is 346 g/mol. The molecule has 0 fully saturated rings. The average molecular weight is 378 g/mol. The van der Waals surface area contributed by atoms with E-state index in [4.69, 9.17) is 0 Å². The first-order chi connectivity index (χ1) is 13.5. The summed E-state index contributed by atoms with van der Waals surface area (Å²) in [7, 11) is 2.25. The first-order valence-electron chi connectivity index (χ1n) is 10.4. The summed E-state index contributed by atoms with van der Waals surface area (Å²) in [6.07, 6.45) is 4.61. The molecule has 2 atom stereocenters. The van der Waals surface area contributed by atoms with Crippen molar-refractivity contribution in [2.75, 3.05) is 13.6 Å². The number of fused-ring (bicyclic) bond motifs is 3. The third-order valence-corrected chi connectivity index (χ3v) is 6.17. The Labute approximate surface area is 167 Å². The van der Waals surface area contributed by atoms with Crippen molar-refractivity contribution < 1.29 is 5.11 Å². The summed E-state index contributed by atoms with van der Waals surface area (Å²) in [5, 5.41) is 12.3. The van der Waals surface area contributed by atoms with Crippen LogP contribution in [0.25, 0.3) is 10.9 Å². The van der Waals surface area contributed by atoms with Crippen molar-refractivity contribution >= 4 is 10.9 Å². The summed E-state index contributed by atoms with van der Waals surface area (Å²) >= 11 is 0. The van der Waals surface area contributed by atoms with Crippen LogP contribution < -0.4 is 0 Å². The summed E-state index contributed by atoms with van der Waals surface area (Å²) in [5.41, 5.74) is 7.26. The Morgan fingerprint density at radius 3 is 2.75 bits per heavy atom. The number of aliphatic hydroxyl groups excluding tert-OH is 1. The Morgan fingerprint density at radius 1 is 1.21 bits per heavy atom. The van der Waals surface area contributed by atoms with E-state index in [1.165, 1.54) is 40.6 Å². The molecule has 4 rings (SSSR count). The monoisotopic (exact) mass is 377 g/mol. The molecule has 3 aromatic rings. The number of benzene rings is 1. The number of aliphatic hydroxyl groups is 1. The number of likely N-dealkylation sites (N-methyl/N-ethyl adjacent to an activating group) is 1. The maximum Gasteiger partial charge on any atom is 0.0983 e. The molecule has 4 nitrogen and oxygen atoms in total. The smallest absolute Gasteiger partial charge is 0.0983 e. The van der Waals surface area contributed by atoms with E-state index in [9.17, 15) is 5.11 Å². The van der Waals surface area contributed by atoms with Gasteiger partial charge in [-0.3, -0.25) is 9.88 Å². The van der Waals surface area contributed by atoms with Gasteiger partial charge in [-0.2, -0.15) is 0 Å². The molecule has 4 heteroatoms. The standard InChI is InChI=1S/C24H31N3O/c1-5-6-21-24-19-13-16(2)7-10-20(19)27(22(24)11-12-26(21)4)15-23(28)18-9-8-17(3)25-14-18/h7-10,13-14,21,23,28H,5-6,11-12,15H2,1-4H3. The van der Waals surface area contributed by atoms with Crippen LogP contribution in [0.4, 0.5) is 0 Å². The highest BCUT2D eigenvalue weighted by Gasteiger charge is 2.30. The van der Waals surface area contributed by atoms with E-state index >= 15 is 0 Å². The molecule has 0 aliphatic carbocycles. The molecule has 0 spiro atoms. The molecule has 28 heavy (non-hydrogen) atoms. The predicted octanol–water partition coefficient (Wildman–Crippen LogP) is 4.72. The van der Waals surface area contributed by atoms with Crippen molar-refractivity contribution in [3.05, 3.63) is 64.6 Å². The van der Waals surface area contributed by atoms with Crippen molar-refractivity contribution in [2.45, 2.75) is 58.7 Å². The average Bonchev–Trinajstić information content (AvgIpc) is 2.97. The minimum atomic E-state index is -0.557. The zero-order valence-corrected chi connectivity index (χ0v) is 17.4. The normalized spacial score (nSPS) is 18.4. The van der Waals surface area contributed by atoms with Gasteiger partial charge in [-0.25, -0.2) is 0 Å². The minimum Gasteiger partial charge on any atom is -0.386 e. The van der Waals surface area contributed by atoms with E-state index in [0.29, 0.717) is 12.6 Å². The molecule has 0 radical (unpaired) electrons. The summed E-state index contributed by atoms with van der Waals surface area (Å²) in [6.45, 7) is 8.04. The van der Waals surface area contributed by atoms with Crippen LogP contribution in [0.15, 0.2) is 36.5 Å². The van der Waals surface area contributed by atoms with E-state index in [1.807, 2.05) is 19.1 Å². The van der Waals surface area contributed by atoms with Crippen molar-refractivity contribution in [3.63, 3.8) is 0 Å². The van der Waals surface area contributed by atoms with Gasteiger partial charge in [-0.15, -0.1) is 0 Å². The maximum absolute atomic E-state index is 10.9. The fourth-order valence-electron chi connectivity index (χ4n) is 4.65. The third-order valence-electron chi connectivity index (χ3n) is 6.17. The van der Waals surface area contributed by atoms with Crippen LogP contribution in [-0.4, -0.2) is 33.1 Å². The van der Waals surface area contributed by atoms with Gasteiger partial charge in [0.2, 0.25) is 0 Å². The molecule has 1 aliphatic heterocycles. The Kier molecular flexibility index (Phi) is 5.26. The van der Waals surface area contributed by atoms with Crippen LogP contribution in [0, 0.1) is 13.8 Å². The van der Waals surface area contributed by atoms with Crippen LogP contribution in [0.3, 0.4) is 0 Å². The molecule has 148 valence electrons. The van der Waals surface area contributed by atoms with Crippen LogP contribution >= 0.6 is 0 Å². The largest absolute Gasteiger partial charge is 0.386 e. The molecule has 0 amide bonds. The highest BCUT2D eigenvalue weighted by molar-refractivity contribution is 5.87. The summed E-state index contributed by atoms with van der Waals surface area (Å²) in [6, 6.07) is 11.2. The Bertz CT molecular complexity index is 974. The van der Waals surface area contributed by atoms with E-state index in [0.717, 1.165) is 24.2 Å². The second-order valence-electron chi connectivity index (χ2n) is 8.28. The number of hydrogen-bond acceptors (Lipinski definition) is 3. The first kappa shape index (κ1) is 19.2. The zero-order valence-electron chi connectivity index (χ0n) is 17.4. The Hall–Kier alpha value is -2.17. The highest BCUT2D eigenvalue weighted by Crippen LogP contribution is 2.40. The lowest BCUT2D eigenvalue weighted by atomic mass is 9.92. The molecule has 1 aliphatic rings. The number of nitrogens with zero attached hydrogens (tertiary/aromatic N) is 3. The van der Waals surface area contributed by atoms with Gasteiger partial charge >= 0.3 is 0 Å². The van der Waals surface area contributed by atoms with Crippen LogP contribution in [-0.2, 0) is 13.0 Å². The molecule has 0 saturated carbocycles. The van der Waals surface area contributed by atoms with Crippen LogP contribution in [0.1, 0.15) is 60.0 Å². The first-order valence-corrected chi connectivity index (χ1v) is 10.4. The van der Waals surface area contributed by atoms with Gasteiger partial charge in [-0.1, -0.05) is 31.0 Å². The molecule has 2 unspecified atom stereocenters. The molecule has 3 heterocycles. The van der Waals surface area contributed by atoms with Gasteiger partial charge in [0.1, 0.15) is 0 Å². The van der Waals surface area contributed by atoms with Gasteiger partial charge < -0.3 is 9.67 Å². The summed E-state index contributed by atoms with van der Waals surface area (Å²) < 4.78 is 2.37. The number of aryl methyl sites for hydroxylation is 2. The Morgan fingerprint density at radius 2 is 2.04 bits per heavy atom. The van der Waals surface area contributed by atoms with Crippen molar-refractivity contribution in [2.24, 2.45) is 0 Å². The quantitative estimate of drug-likeness (QED) is 0.700. The molecule has 0 bridgehead atoms. The lowest BCUT2D eigenvalue weighted by molar-refractivity contribution is 0.154. The molecule has 1 N–H and O–H groups in total. The van der Waals surface area contributed by atoms with Gasteiger partial charge in [0, 0.05) is 53.1 Å². The second-order valence-corrected chi connectivity index (χ2v) is 8.28. The number of pyridine rings is 1. The lowest BCUT2D eigenvalue weighted by Gasteiger charge is -2.34. The minimum absolute atomic E-state index is 0.456. The van der Waals surface area contributed by atoms with Crippen molar-refractivity contribution in [1.82, 2.24) is 14.5 Å². The van der Waals surface area contributed by atoms with Crippen LogP contribution in [0.2, 0.25) is 0 Å². The number of rotatable bonds is 5. The summed E-state index contributed by atoms with van der Waals surface area (Å²) in [5.74, 6) is 0. The van der Waals surface area contributed by atoms with E-state index in [-0.39, 0.29) is 0 Å². The topological polar surface area (TPSA) is 41.3 Å². The Balaban J connectivity index is 1.81. The zero-order chi connectivity index (χ0) is 19.8. The summed E-state index contributed by atoms with van der Waals surface area (Å²) in [4.78, 5) is 6.86. The van der Waals surface area contributed by atoms with Crippen LogP contribution in [0.5, 0.6) is 0 Å². The molecular formula is C24H31N3O.